The van der Waals surface area contributed by atoms with Crippen molar-refractivity contribution in [3.8, 4) is 11.3 Å². The van der Waals surface area contributed by atoms with E-state index in [-0.39, 0.29) is 0 Å². The van der Waals surface area contributed by atoms with E-state index in [1.807, 2.05) is 19.1 Å². The van der Waals surface area contributed by atoms with Gasteiger partial charge in [0.05, 0.1) is 10.7 Å². The van der Waals surface area contributed by atoms with Crippen molar-refractivity contribution < 1.29 is 0 Å². The summed E-state index contributed by atoms with van der Waals surface area (Å²) in [4.78, 5) is 4.66. The Balaban J connectivity index is 1.86. The van der Waals surface area contributed by atoms with E-state index in [4.69, 9.17) is 23.2 Å². The first kappa shape index (κ1) is 13.9. The van der Waals surface area contributed by atoms with Crippen molar-refractivity contribution in [2.45, 2.75) is 32.4 Å². The lowest BCUT2D eigenvalue weighted by Crippen LogP contribution is -2.16. The van der Waals surface area contributed by atoms with E-state index in [0.717, 1.165) is 23.5 Å². The van der Waals surface area contributed by atoms with E-state index in [0.29, 0.717) is 16.1 Å². The lowest BCUT2D eigenvalue weighted by molar-refractivity contribution is 0.682. The van der Waals surface area contributed by atoms with Gasteiger partial charge in [-0.1, -0.05) is 29.3 Å². The van der Waals surface area contributed by atoms with Gasteiger partial charge >= 0.3 is 0 Å². The van der Waals surface area contributed by atoms with Crippen molar-refractivity contribution >= 4 is 23.2 Å². The second-order valence-electron chi connectivity index (χ2n) is 5.22. The van der Waals surface area contributed by atoms with Crippen LogP contribution in [0.3, 0.4) is 0 Å². The zero-order valence-electron chi connectivity index (χ0n) is 11.3. The fourth-order valence-electron chi connectivity index (χ4n) is 2.16. The van der Waals surface area contributed by atoms with Gasteiger partial charge in [-0.3, -0.25) is 4.98 Å². The summed E-state index contributed by atoms with van der Waals surface area (Å²) < 4.78 is 0. The average molecular weight is 307 g/mol. The molecule has 2 aromatic rings. The molecule has 0 radical (unpaired) electrons. The van der Waals surface area contributed by atoms with Crippen LogP contribution in [0.1, 0.15) is 24.1 Å². The molecular formula is C16H16Cl2N2. The first-order valence-electron chi connectivity index (χ1n) is 6.79. The molecule has 1 N–H and O–H groups in total. The van der Waals surface area contributed by atoms with Gasteiger partial charge in [0.25, 0.3) is 0 Å². The van der Waals surface area contributed by atoms with Gasteiger partial charge in [-0.05, 0) is 49.6 Å². The summed E-state index contributed by atoms with van der Waals surface area (Å²) in [7, 11) is 0. The van der Waals surface area contributed by atoms with Crippen LogP contribution >= 0.6 is 23.2 Å². The van der Waals surface area contributed by atoms with Crippen molar-refractivity contribution in [3.05, 3.63) is 51.6 Å². The minimum absolute atomic E-state index is 0.670. The molecule has 1 aromatic heterocycles. The molecule has 1 fully saturated rings. The highest BCUT2D eigenvalue weighted by atomic mass is 35.5. The molecule has 0 amide bonds. The molecule has 0 saturated heterocycles. The van der Waals surface area contributed by atoms with Gasteiger partial charge in [-0.15, -0.1) is 0 Å². The van der Waals surface area contributed by atoms with Crippen LogP contribution in [0.5, 0.6) is 0 Å². The number of nitrogens with one attached hydrogen (secondary N) is 1. The van der Waals surface area contributed by atoms with Crippen molar-refractivity contribution in [3.63, 3.8) is 0 Å². The van der Waals surface area contributed by atoms with E-state index < -0.39 is 0 Å². The number of pyridine rings is 1. The maximum Gasteiger partial charge on any atom is 0.0720 e. The normalized spacial score (nSPS) is 14.6. The van der Waals surface area contributed by atoms with Crippen LogP contribution in [0.2, 0.25) is 10.0 Å². The van der Waals surface area contributed by atoms with Crippen LogP contribution in [-0.4, -0.2) is 11.0 Å². The fraction of sp³-hybridized carbons (Fsp3) is 0.312. The third-order valence-electron chi connectivity index (χ3n) is 3.56. The van der Waals surface area contributed by atoms with Crippen molar-refractivity contribution in [2.24, 2.45) is 0 Å². The van der Waals surface area contributed by atoms with Gasteiger partial charge in [-0.2, -0.15) is 0 Å². The number of hydrogen-bond donors (Lipinski definition) is 1. The summed E-state index contributed by atoms with van der Waals surface area (Å²) in [5.41, 5.74) is 4.01. The lowest BCUT2D eigenvalue weighted by atomic mass is 10.1. The molecule has 1 heterocycles. The Morgan fingerprint density at radius 3 is 2.70 bits per heavy atom. The summed E-state index contributed by atoms with van der Waals surface area (Å²) in [5, 5.41) is 4.85. The second-order valence-corrected chi connectivity index (χ2v) is 6.06. The smallest absolute Gasteiger partial charge is 0.0720 e. The first-order chi connectivity index (χ1) is 9.63. The Kier molecular flexibility index (Phi) is 3.97. The Hall–Kier alpha value is -1.09. The molecule has 2 nitrogen and oxygen atoms in total. The second kappa shape index (κ2) is 5.72. The quantitative estimate of drug-likeness (QED) is 0.892. The first-order valence-corrected chi connectivity index (χ1v) is 7.54. The summed E-state index contributed by atoms with van der Waals surface area (Å²) in [6, 6.07) is 10.3. The van der Waals surface area contributed by atoms with E-state index in [1.54, 1.807) is 12.1 Å². The summed E-state index contributed by atoms with van der Waals surface area (Å²) >= 11 is 12.3. The molecule has 0 atom stereocenters. The zero-order valence-corrected chi connectivity index (χ0v) is 12.8. The van der Waals surface area contributed by atoms with Crippen LogP contribution < -0.4 is 5.32 Å². The summed E-state index contributed by atoms with van der Waals surface area (Å²) in [6.07, 6.45) is 2.59. The number of nitrogens with zero attached hydrogens (tertiary/aromatic N) is 1. The molecule has 1 saturated carbocycles. The molecule has 1 aliphatic carbocycles. The Bertz CT molecular complexity index is 636. The van der Waals surface area contributed by atoms with E-state index in [9.17, 15) is 0 Å². The van der Waals surface area contributed by atoms with Gasteiger partial charge in [-0.25, -0.2) is 0 Å². The fourth-order valence-corrected chi connectivity index (χ4v) is 2.55. The van der Waals surface area contributed by atoms with Crippen LogP contribution in [0, 0.1) is 6.92 Å². The van der Waals surface area contributed by atoms with E-state index in [1.165, 1.54) is 18.4 Å². The predicted octanol–water partition coefficient (Wildman–Crippen LogP) is 4.62. The minimum atomic E-state index is 0.670. The Morgan fingerprint density at radius 1 is 1.20 bits per heavy atom. The number of hydrogen-bond acceptors (Lipinski definition) is 2. The maximum atomic E-state index is 6.22. The number of halogens is 2. The molecule has 0 bridgehead atoms. The third kappa shape index (κ3) is 3.14. The molecule has 0 aliphatic heterocycles. The van der Waals surface area contributed by atoms with Gasteiger partial charge < -0.3 is 5.32 Å². The van der Waals surface area contributed by atoms with Crippen LogP contribution in [0.4, 0.5) is 0 Å². The largest absolute Gasteiger partial charge is 0.310 e. The van der Waals surface area contributed by atoms with Gasteiger partial charge in [0.2, 0.25) is 0 Å². The molecule has 4 heteroatoms. The van der Waals surface area contributed by atoms with Crippen molar-refractivity contribution in [1.29, 1.82) is 0 Å². The van der Waals surface area contributed by atoms with Gasteiger partial charge in [0.15, 0.2) is 0 Å². The standard InChI is InChI=1S/C16H16Cl2N2/c1-10-11(9-19-13-4-5-13)2-7-16(20-10)14-8-12(17)3-6-15(14)18/h2-3,6-8,13,19H,4-5,9H2,1H3. The molecule has 1 aliphatic rings. The lowest BCUT2D eigenvalue weighted by Gasteiger charge is -2.10. The number of benzene rings is 1. The van der Waals surface area contributed by atoms with E-state index in [2.05, 4.69) is 16.4 Å². The molecule has 0 spiro atoms. The Labute approximate surface area is 129 Å². The van der Waals surface area contributed by atoms with Crippen LogP contribution in [-0.2, 0) is 6.54 Å². The highest BCUT2D eigenvalue weighted by Gasteiger charge is 2.20. The average Bonchev–Trinajstić information content (AvgIpc) is 3.24. The number of aryl methyl sites for hydroxylation is 1. The highest BCUT2D eigenvalue weighted by molar-refractivity contribution is 6.35. The van der Waals surface area contributed by atoms with E-state index >= 15 is 0 Å². The predicted molar refractivity (Wildman–Crippen MR) is 84.3 cm³/mol. The molecule has 3 rings (SSSR count). The van der Waals surface area contributed by atoms with Gasteiger partial charge in [0.1, 0.15) is 0 Å². The summed E-state index contributed by atoms with van der Waals surface area (Å²) in [6.45, 7) is 2.92. The molecule has 20 heavy (non-hydrogen) atoms. The summed E-state index contributed by atoms with van der Waals surface area (Å²) in [5.74, 6) is 0. The molecule has 104 valence electrons. The van der Waals surface area contributed by atoms with Crippen molar-refractivity contribution in [1.82, 2.24) is 10.3 Å². The minimum Gasteiger partial charge on any atom is -0.310 e. The van der Waals surface area contributed by atoms with Crippen molar-refractivity contribution in [2.75, 3.05) is 0 Å². The zero-order chi connectivity index (χ0) is 14.1. The monoisotopic (exact) mass is 306 g/mol. The van der Waals surface area contributed by atoms with Crippen LogP contribution in [0.25, 0.3) is 11.3 Å². The SMILES string of the molecule is Cc1nc(-c2cc(Cl)ccc2Cl)ccc1CNC1CC1. The topological polar surface area (TPSA) is 24.9 Å². The van der Waals surface area contributed by atoms with Gasteiger partial charge in [0, 0.05) is 28.9 Å². The molecule has 1 aromatic carbocycles. The highest BCUT2D eigenvalue weighted by Crippen LogP contribution is 2.30. The third-order valence-corrected chi connectivity index (χ3v) is 4.12. The maximum absolute atomic E-state index is 6.22. The number of rotatable bonds is 4. The molecular weight excluding hydrogens is 291 g/mol. The number of aromatic nitrogens is 1. The molecule has 0 unspecified atom stereocenters. The Morgan fingerprint density at radius 2 is 2.00 bits per heavy atom. The van der Waals surface area contributed by atoms with Crippen LogP contribution in [0.15, 0.2) is 30.3 Å².